The van der Waals surface area contributed by atoms with E-state index in [9.17, 15) is 14.0 Å². The number of anilines is 1. The van der Waals surface area contributed by atoms with Gasteiger partial charge >= 0.3 is 6.03 Å². The monoisotopic (exact) mass is 236 g/mol. The molecule has 3 N–H and O–H groups in total. The molecule has 1 aromatic carbocycles. The minimum atomic E-state index is -0.643. The summed E-state index contributed by atoms with van der Waals surface area (Å²) in [5, 5.41) is 8.13. The Morgan fingerprint density at radius 3 is 2.71 bits per heavy atom. The Bertz CT molecular complexity index is 483. The predicted molar refractivity (Wildman–Crippen MR) is 58.7 cm³/mol. The first kappa shape index (κ1) is 11.1. The second-order valence-corrected chi connectivity index (χ2v) is 3.33. The van der Waals surface area contributed by atoms with Crippen LogP contribution in [-0.4, -0.2) is 17.8 Å². The molecule has 2 rings (SSSR count). The molecule has 6 nitrogen and oxygen atoms in total. The molecule has 1 aromatic rings. The van der Waals surface area contributed by atoms with E-state index in [1.54, 1.807) is 12.1 Å². The number of nitrogens with one attached hydrogen (secondary N) is 3. The number of halogens is 1. The highest BCUT2D eigenvalue weighted by Crippen LogP contribution is 2.12. The van der Waals surface area contributed by atoms with Crippen molar-refractivity contribution in [1.82, 2.24) is 10.6 Å². The van der Waals surface area contributed by atoms with Crippen LogP contribution in [0.1, 0.15) is 6.42 Å². The summed E-state index contributed by atoms with van der Waals surface area (Å²) in [4.78, 5) is 21.9. The molecule has 0 aliphatic carbocycles. The average molecular weight is 236 g/mol. The predicted octanol–water partition coefficient (Wildman–Crippen LogP) is 0.781. The molecule has 1 aliphatic rings. The third kappa shape index (κ3) is 2.77. The van der Waals surface area contributed by atoms with Crippen molar-refractivity contribution < 1.29 is 14.0 Å². The molecule has 0 radical (unpaired) electrons. The van der Waals surface area contributed by atoms with Gasteiger partial charge in [0.05, 0.1) is 12.1 Å². The van der Waals surface area contributed by atoms with E-state index in [1.807, 2.05) is 5.32 Å². The number of rotatable bonds is 2. The largest absolute Gasteiger partial charge is 0.326 e. The Morgan fingerprint density at radius 2 is 2.00 bits per heavy atom. The summed E-state index contributed by atoms with van der Waals surface area (Å²) in [6.45, 7) is 0. The molecule has 1 fully saturated rings. The number of amides is 3. The molecule has 0 bridgehead atoms. The van der Waals surface area contributed by atoms with Crippen LogP contribution in [0.4, 0.5) is 14.9 Å². The Morgan fingerprint density at radius 1 is 1.24 bits per heavy atom. The molecule has 1 heterocycles. The van der Waals surface area contributed by atoms with Crippen LogP contribution in [0.5, 0.6) is 0 Å². The summed E-state index contributed by atoms with van der Waals surface area (Å²) in [5.74, 6) is -0.784. The molecule has 17 heavy (non-hydrogen) atoms. The van der Waals surface area contributed by atoms with E-state index in [1.165, 1.54) is 12.1 Å². The van der Waals surface area contributed by atoms with Crippen LogP contribution in [0.25, 0.3) is 0 Å². The molecule has 88 valence electrons. The van der Waals surface area contributed by atoms with Gasteiger partial charge in [-0.25, -0.2) is 9.18 Å². The fourth-order valence-electron chi connectivity index (χ4n) is 1.28. The van der Waals surface area contributed by atoms with E-state index in [2.05, 4.69) is 15.8 Å². The normalized spacial score (nSPS) is 17.6. The molecule has 0 atom stereocenters. The van der Waals surface area contributed by atoms with Crippen LogP contribution in [0.15, 0.2) is 29.4 Å². The number of urea groups is 1. The Labute approximate surface area is 95.9 Å². The fraction of sp³-hybridized carbons (Fsp3) is 0.100. The van der Waals surface area contributed by atoms with E-state index in [4.69, 9.17) is 0 Å². The van der Waals surface area contributed by atoms with Gasteiger partial charge < -0.3 is 0 Å². The quantitative estimate of drug-likeness (QED) is 0.663. The van der Waals surface area contributed by atoms with E-state index in [0.717, 1.165) is 0 Å². The lowest BCUT2D eigenvalue weighted by Gasteiger charge is -2.14. The minimum absolute atomic E-state index is 0.0623. The Hall–Kier alpha value is -2.44. The molecule has 3 amide bonds. The van der Waals surface area contributed by atoms with Crippen molar-refractivity contribution in [2.75, 3.05) is 5.43 Å². The van der Waals surface area contributed by atoms with Crippen molar-refractivity contribution in [1.29, 1.82) is 0 Å². The molecular weight excluding hydrogens is 227 g/mol. The lowest BCUT2D eigenvalue weighted by molar-refractivity contribution is -0.119. The van der Waals surface area contributed by atoms with Gasteiger partial charge in [-0.05, 0) is 12.1 Å². The number of imide groups is 1. The lowest BCUT2D eigenvalue weighted by atomic mass is 10.3. The van der Waals surface area contributed by atoms with Gasteiger partial charge in [-0.3, -0.25) is 20.9 Å². The van der Waals surface area contributed by atoms with Crippen molar-refractivity contribution in [2.45, 2.75) is 6.42 Å². The van der Waals surface area contributed by atoms with Gasteiger partial charge in [0.25, 0.3) is 0 Å². The Balaban J connectivity index is 2.08. The van der Waals surface area contributed by atoms with E-state index in [0.29, 0.717) is 0 Å². The second-order valence-electron chi connectivity index (χ2n) is 3.33. The molecule has 0 spiro atoms. The highest BCUT2D eigenvalue weighted by atomic mass is 19.1. The molecule has 0 unspecified atom stereocenters. The maximum Gasteiger partial charge on any atom is 0.326 e. The smallest absolute Gasteiger partial charge is 0.294 e. The van der Waals surface area contributed by atoms with Gasteiger partial charge in [-0.15, -0.1) is 0 Å². The number of carbonyl (C=O) groups excluding carboxylic acids is 2. The number of amidine groups is 1. The zero-order valence-corrected chi connectivity index (χ0v) is 8.66. The Kier molecular flexibility index (Phi) is 2.99. The zero-order chi connectivity index (χ0) is 12.3. The number of nitrogens with zero attached hydrogens (tertiary/aromatic N) is 1. The number of hydrogen-bond donors (Lipinski definition) is 3. The van der Waals surface area contributed by atoms with Crippen molar-refractivity contribution in [2.24, 2.45) is 5.10 Å². The summed E-state index contributed by atoms with van der Waals surface area (Å²) in [7, 11) is 0. The van der Waals surface area contributed by atoms with Gasteiger partial charge in [-0.2, -0.15) is 5.10 Å². The first-order chi connectivity index (χ1) is 8.15. The number of hydrazone groups is 1. The SMILES string of the molecule is O=C1CC(=NNc2ccccc2F)NC(=O)N1. The highest BCUT2D eigenvalue weighted by Gasteiger charge is 2.19. The third-order valence-corrected chi connectivity index (χ3v) is 2.02. The van der Waals surface area contributed by atoms with Gasteiger partial charge in [0.2, 0.25) is 5.91 Å². The van der Waals surface area contributed by atoms with Crippen LogP contribution >= 0.6 is 0 Å². The van der Waals surface area contributed by atoms with Crippen LogP contribution in [0, 0.1) is 5.82 Å². The minimum Gasteiger partial charge on any atom is -0.294 e. The molecule has 7 heteroatoms. The van der Waals surface area contributed by atoms with Gasteiger partial charge in [0, 0.05) is 0 Å². The van der Waals surface area contributed by atoms with Crippen LogP contribution < -0.4 is 16.1 Å². The van der Waals surface area contributed by atoms with E-state index < -0.39 is 17.8 Å². The van der Waals surface area contributed by atoms with E-state index >= 15 is 0 Å². The number of carbonyl (C=O) groups is 2. The lowest BCUT2D eigenvalue weighted by Crippen LogP contribution is -2.50. The standard InChI is InChI=1S/C10H9FN4O2/c11-6-3-1-2-4-7(6)14-15-8-5-9(16)13-10(17)12-8/h1-4,14H,5H2,(H2,12,13,15,16,17). The number of hydrogen-bond acceptors (Lipinski definition) is 4. The molecule has 0 aromatic heterocycles. The van der Waals surface area contributed by atoms with Crippen LogP contribution in [-0.2, 0) is 4.79 Å². The number of benzene rings is 1. The summed E-state index contributed by atoms with van der Waals surface area (Å²) < 4.78 is 13.2. The zero-order valence-electron chi connectivity index (χ0n) is 8.66. The number of para-hydroxylation sites is 1. The summed E-state index contributed by atoms with van der Waals surface area (Å²) in [5.41, 5.74) is 2.61. The van der Waals surface area contributed by atoms with Gasteiger partial charge in [-0.1, -0.05) is 12.1 Å². The maximum atomic E-state index is 13.2. The highest BCUT2D eigenvalue weighted by molar-refractivity contribution is 6.16. The van der Waals surface area contributed by atoms with Crippen molar-refractivity contribution in [3.8, 4) is 0 Å². The summed E-state index contributed by atoms with van der Waals surface area (Å²) in [6, 6.07) is 5.30. The van der Waals surface area contributed by atoms with Crippen molar-refractivity contribution in [3.63, 3.8) is 0 Å². The second kappa shape index (κ2) is 4.60. The molecular formula is C10H9FN4O2. The fourth-order valence-corrected chi connectivity index (χ4v) is 1.28. The molecule has 0 saturated carbocycles. The first-order valence-electron chi connectivity index (χ1n) is 4.83. The summed E-state index contributed by atoms with van der Waals surface area (Å²) >= 11 is 0. The topological polar surface area (TPSA) is 82.6 Å². The third-order valence-electron chi connectivity index (χ3n) is 2.02. The van der Waals surface area contributed by atoms with Crippen LogP contribution in [0.2, 0.25) is 0 Å². The molecule has 1 saturated heterocycles. The molecule has 1 aliphatic heterocycles. The van der Waals surface area contributed by atoms with Gasteiger partial charge in [0.1, 0.15) is 11.7 Å². The maximum absolute atomic E-state index is 13.2. The summed E-state index contributed by atoms with van der Waals surface area (Å²) in [6.07, 6.45) is -0.0623. The average Bonchev–Trinajstić information content (AvgIpc) is 2.27. The first-order valence-corrected chi connectivity index (χ1v) is 4.83. The van der Waals surface area contributed by atoms with Crippen molar-refractivity contribution >= 4 is 23.5 Å². The van der Waals surface area contributed by atoms with Crippen LogP contribution in [0.3, 0.4) is 0 Å². The van der Waals surface area contributed by atoms with Crippen molar-refractivity contribution in [3.05, 3.63) is 30.1 Å². The van der Waals surface area contributed by atoms with Gasteiger partial charge in [0.15, 0.2) is 0 Å². The van der Waals surface area contributed by atoms with E-state index in [-0.39, 0.29) is 17.9 Å².